The van der Waals surface area contributed by atoms with E-state index in [2.05, 4.69) is 17.2 Å². The largest absolute Gasteiger partial charge is 0.449 e. The number of carbonyl (C=O) groups excluding carboxylic acids is 1. The summed E-state index contributed by atoms with van der Waals surface area (Å²) in [5.41, 5.74) is 0.612. The van der Waals surface area contributed by atoms with Gasteiger partial charge in [0.1, 0.15) is 6.54 Å². The van der Waals surface area contributed by atoms with Crippen LogP contribution in [0.3, 0.4) is 0 Å². The Balaban J connectivity index is 1.49. The molecule has 2 heterocycles. The highest BCUT2D eigenvalue weighted by Gasteiger charge is 2.38. The Kier molecular flexibility index (Phi) is 6.19. The minimum Gasteiger partial charge on any atom is -0.325 e. The summed E-state index contributed by atoms with van der Waals surface area (Å²) in [4.78, 5) is 16.2. The SMILES string of the molecule is CC1CCN(S(=O)(=O)c2ccc(NC(=O)Cn3c(C(F)(F)F)nc4ccccc43)cc2)CC1. The third kappa shape index (κ3) is 4.88. The number of amides is 1. The predicted molar refractivity (Wildman–Crippen MR) is 117 cm³/mol. The van der Waals surface area contributed by atoms with Crippen molar-refractivity contribution in [3.8, 4) is 0 Å². The first kappa shape index (κ1) is 23.2. The highest BCUT2D eigenvalue weighted by Crippen LogP contribution is 2.31. The summed E-state index contributed by atoms with van der Waals surface area (Å²) in [6.45, 7) is 2.41. The molecule has 0 spiro atoms. The van der Waals surface area contributed by atoms with E-state index >= 15 is 0 Å². The van der Waals surface area contributed by atoms with Crippen molar-refractivity contribution in [2.45, 2.75) is 37.4 Å². The molecule has 1 fully saturated rings. The minimum absolute atomic E-state index is 0.106. The summed E-state index contributed by atoms with van der Waals surface area (Å²) in [7, 11) is -3.63. The van der Waals surface area contributed by atoms with E-state index in [4.69, 9.17) is 0 Å². The van der Waals surface area contributed by atoms with Gasteiger partial charge in [-0.1, -0.05) is 19.1 Å². The fraction of sp³-hybridized carbons (Fsp3) is 0.364. The van der Waals surface area contributed by atoms with Crippen LogP contribution in [0.2, 0.25) is 0 Å². The Labute approximate surface area is 189 Å². The third-order valence-corrected chi connectivity index (χ3v) is 7.64. The molecule has 1 N–H and O–H groups in total. The number of hydrogen-bond acceptors (Lipinski definition) is 4. The van der Waals surface area contributed by atoms with Crippen molar-refractivity contribution in [2.75, 3.05) is 18.4 Å². The van der Waals surface area contributed by atoms with Gasteiger partial charge >= 0.3 is 6.18 Å². The number of carbonyl (C=O) groups is 1. The first-order valence-electron chi connectivity index (χ1n) is 10.5. The van der Waals surface area contributed by atoms with Crippen LogP contribution in [0.15, 0.2) is 53.4 Å². The molecule has 7 nitrogen and oxygen atoms in total. The average molecular weight is 481 g/mol. The van der Waals surface area contributed by atoms with Crippen LogP contribution in [0.25, 0.3) is 11.0 Å². The highest BCUT2D eigenvalue weighted by atomic mass is 32.2. The summed E-state index contributed by atoms with van der Waals surface area (Å²) in [5, 5.41) is 2.52. The fourth-order valence-corrected chi connectivity index (χ4v) is 5.35. The molecule has 3 aromatic rings. The molecular formula is C22H23F3N4O3S. The second-order valence-corrected chi connectivity index (χ2v) is 10.1. The lowest BCUT2D eigenvalue weighted by atomic mass is 10.0. The zero-order chi connectivity index (χ0) is 23.8. The zero-order valence-electron chi connectivity index (χ0n) is 17.8. The van der Waals surface area contributed by atoms with Gasteiger partial charge in [-0.05, 0) is 55.2 Å². The molecule has 0 atom stereocenters. The van der Waals surface area contributed by atoms with Crippen molar-refractivity contribution in [2.24, 2.45) is 5.92 Å². The third-order valence-electron chi connectivity index (χ3n) is 5.73. The number of anilines is 1. The van der Waals surface area contributed by atoms with Crippen LogP contribution in [0, 0.1) is 5.92 Å². The van der Waals surface area contributed by atoms with E-state index in [0.29, 0.717) is 19.0 Å². The van der Waals surface area contributed by atoms with E-state index in [-0.39, 0.29) is 21.6 Å². The number of aromatic nitrogens is 2. The molecule has 0 radical (unpaired) electrons. The number of hydrogen-bond donors (Lipinski definition) is 1. The Bertz CT molecular complexity index is 1260. The van der Waals surface area contributed by atoms with Crippen LogP contribution in [0.5, 0.6) is 0 Å². The van der Waals surface area contributed by atoms with E-state index in [1.807, 2.05) is 0 Å². The van der Waals surface area contributed by atoms with Gasteiger partial charge in [-0.3, -0.25) is 4.79 Å². The summed E-state index contributed by atoms with van der Waals surface area (Å²) in [6.07, 6.45) is -3.12. The fourth-order valence-electron chi connectivity index (χ4n) is 3.88. The summed E-state index contributed by atoms with van der Waals surface area (Å²) in [6, 6.07) is 11.7. The van der Waals surface area contributed by atoms with E-state index < -0.39 is 34.5 Å². The van der Waals surface area contributed by atoms with Crippen LogP contribution >= 0.6 is 0 Å². The maximum atomic E-state index is 13.4. The standard InChI is InChI=1S/C22H23F3N4O3S/c1-15-10-12-28(13-11-15)33(31,32)17-8-6-16(7-9-17)26-20(30)14-29-19-5-3-2-4-18(19)27-21(29)22(23,24)25/h2-9,15H,10-14H2,1H3,(H,26,30). The molecule has 4 rings (SSSR count). The van der Waals surface area contributed by atoms with Gasteiger partial charge in [-0.15, -0.1) is 0 Å². The number of rotatable bonds is 5. The van der Waals surface area contributed by atoms with Gasteiger partial charge in [0.15, 0.2) is 0 Å². The summed E-state index contributed by atoms with van der Waals surface area (Å²) >= 11 is 0. The zero-order valence-corrected chi connectivity index (χ0v) is 18.7. The van der Waals surface area contributed by atoms with Crippen LogP contribution in [-0.2, 0) is 27.5 Å². The highest BCUT2D eigenvalue weighted by molar-refractivity contribution is 7.89. The molecule has 0 saturated carbocycles. The van der Waals surface area contributed by atoms with Crippen molar-refractivity contribution in [1.82, 2.24) is 13.9 Å². The van der Waals surface area contributed by atoms with Crippen molar-refractivity contribution in [3.63, 3.8) is 0 Å². The molecule has 0 bridgehead atoms. The number of alkyl halides is 3. The number of para-hydroxylation sites is 2. The Morgan fingerprint density at radius 1 is 1.09 bits per heavy atom. The topological polar surface area (TPSA) is 84.3 Å². The molecule has 1 aromatic heterocycles. The van der Waals surface area contributed by atoms with Crippen LogP contribution in [-0.4, -0.2) is 41.3 Å². The van der Waals surface area contributed by atoms with Gasteiger partial charge in [-0.2, -0.15) is 17.5 Å². The quantitative estimate of drug-likeness (QED) is 0.596. The van der Waals surface area contributed by atoms with Crippen molar-refractivity contribution >= 4 is 32.7 Å². The lowest BCUT2D eigenvalue weighted by Crippen LogP contribution is -2.37. The molecule has 11 heteroatoms. The second-order valence-electron chi connectivity index (χ2n) is 8.17. The molecule has 1 aliphatic rings. The Morgan fingerprint density at radius 3 is 2.36 bits per heavy atom. The Hall–Kier alpha value is -2.92. The molecular weight excluding hydrogens is 457 g/mol. The molecule has 33 heavy (non-hydrogen) atoms. The lowest BCUT2D eigenvalue weighted by Gasteiger charge is -2.29. The number of benzene rings is 2. The Morgan fingerprint density at radius 2 is 1.73 bits per heavy atom. The number of nitrogens with one attached hydrogen (secondary N) is 1. The monoisotopic (exact) mass is 480 g/mol. The van der Waals surface area contributed by atoms with Crippen molar-refractivity contribution < 1.29 is 26.4 Å². The average Bonchev–Trinajstić information content (AvgIpc) is 3.13. The van der Waals surface area contributed by atoms with E-state index in [9.17, 15) is 26.4 Å². The number of nitrogens with zero attached hydrogens (tertiary/aromatic N) is 3. The number of imidazole rings is 1. The summed E-state index contributed by atoms with van der Waals surface area (Å²) in [5.74, 6) is -1.36. The van der Waals surface area contributed by atoms with Gasteiger partial charge in [0.05, 0.1) is 15.9 Å². The van der Waals surface area contributed by atoms with E-state index in [1.54, 1.807) is 12.1 Å². The maximum Gasteiger partial charge on any atom is 0.449 e. The van der Waals surface area contributed by atoms with Crippen LogP contribution in [0.1, 0.15) is 25.6 Å². The smallest absolute Gasteiger partial charge is 0.325 e. The van der Waals surface area contributed by atoms with Gasteiger partial charge in [0.2, 0.25) is 21.8 Å². The van der Waals surface area contributed by atoms with Gasteiger partial charge < -0.3 is 9.88 Å². The number of fused-ring (bicyclic) bond motifs is 1. The normalized spacial score (nSPS) is 16.2. The van der Waals surface area contributed by atoms with E-state index in [0.717, 1.165) is 17.4 Å². The van der Waals surface area contributed by atoms with Crippen LogP contribution in [0.4, 0.5) is 18.9 Å². The van der Waals surface area contributed by atoms with Crippen molar-refractivity contribution in [3.05, 3.63) is 54.4 Å². The van der Waals surface area contributed by atoms with Crippen LogP contribution < -0.4 is 5.32 Å². The number of piperidine rings is 1. The molecule has 176 valence electrons. The van der Waals surface area contributed by atoms with Gasteiger partial charge in [0.25, 0.3) is 0 Å². The second kappa shape index (κ2) is 8.79. The van der Waals surface area contributed by atoms with Crippen molar-refractivity contribution in [1.29, 1.82) is 0 Å². The first-order valence-corrected chi connectivity index (χ1v) is 11.9. The van der Waals surface area contributed by atoms with Gasteiger partial charge in [0, 0.05) is 18.8 Å². The summed E-state index contributed by atoms with van der Waals surface area (Å²) < 4.78 is 68.2. The van der Waals surface area contributed by atoms with E-state index in [1.165, 1.54) is 40.7 Å². The molecule has 2 aromatic carbocycles. The molecule has 0 aliphatic carbocycles. The molecule has 1 amide bonds. The number of halogens is 3. The maximum absolute atomic E-state index is 13.4. The lowest BCUT2D eigenvalue weighted by molar-refractivity contribution is -0.147. The molecule has 1 saturated heterocycles. The predicted octanol–water partition coefficient (Wildman–Crippen LogP) is 4.11. The first-order chi connectivity index (χ1) is 15.6. The molecule has 1 aliphatic heterocycles. The minimum atomic E-state index is -4.72. The molecule has 0 unspecified atom stereocenters. The van der Waals surface area contributed by atoms with Gasteiger partial charge in [-0.25, -0.2) is 13.4 Å². The number of sulfonamides is 1.